The van der Waals surface area contributed by atoms with Crippen molar-refractivity contribution in [1.29, 1.82) is 0 Å². The van der Waals surface area contributed by atoms with Gasteiger partial charge in [-0.25, -0.2) is 0 Å². The van der Waals surface area contributed by atoms with E-state index < -0.39 is 6.10 Å². The third-order valence-corrected chi connectivity index (χ3v) is 4.23. The lowest BCUT2D eigenvalue weighted by molar-refractivity contribution is 0.149. The van der Waals surface area contributed by atoms with Gasteiger partial charge in [-0.15, -0.1) is 11.3 Å². The quantitative estimate of drug-likeness (QED) is 0.910. The van der Waals surface area contributed by atoms with Gasteiger partial charge in [0.15, 0.2) is 0 Å². The first-order chi connectivity index (χ1) is 8.22. The molecule has 0 amide bonds. The summed E-state index contributed by atoms with van der Waals surface area (Å²) in [5.41, 5.74) is 6.67. The zero-order chi connectivity index (χ0) is 12.3. The minimum Gasteiger partial charge on any atom is -0.388 e. The van der Waals surface area contributed by atoms with Gasteiger partial charge >= 0.3 is 0 Å². The van der Waals surface area contributed by atoms with Crippen molar-refractivity contribution in [2.45, 2.75) is 12.0 Å². The third kappa shape index (κ3) is 2.96. The van der Waals surface area contributed by atoms with Crippen molar-refractivity contribution in [1.82, 2.24) is 0 Å². The van der Waals surface area contributed by atoms with Crippen molar-refractivity contribution < 1.29 is 5.11 Å². The summed E-state index contributed by atoms with van der Waals surface area (Å²) in [4.78, 5) is 1.12. The van der Waals surface area contributed by atoms with Crippen molar-refractivity contribution >= 4 is 27.3 Å². The smallest absolute Gasteiger partial charge is 0.0879 e. The van der Waals surface area contributed by atoms with E-state index >= 15 is 0 Å². The molecule has 17 heavy (non-hydrogen) atoms. The number of halogens is 1. The number of benzene rings is 1. The number of rotatable bonds is 4. The highest BCUT2D eigenvalue weighted by Crippen LogP contribution is 2.33. The maximum atomic E-state index is 10.4. The third-order valence-electron chi connectivity index (χ3n) is 2.73. The Balaban J connectivity index is 2.26. The molecular weight excluding hydrogens is 298 g/mol. The van der Waals surface area contributed by atoms with Crippen LogP contribution in [0.2, 0.25) is 0 Å². The monoisotopic (exact) mass is 311 g/mol. The van der Waals surface area contributed by atoms with Crippen LogP contribution in [0.3, 0.4) is 0 Å². The number of hydrogen-bond donors (Lipinski definition) is 2. The fraction of sp³-hybridized carbons (Fsp3) is 0.231. The van der Waals surface area contributed by atoms with E-state index in [-0.39, 0.29) is 5.92 Å². The molecule has 0 spiro atoms. The Labute approximate surface area is 113 Å². The summed E-state index contributed by atoms with van der Waals surface area (Å²) >= 11 is 5.04. The minimum absolute atomic E-state index is 0.0377. The first-order valence-corrected chi connectivity index (χ1v) is 7.06. The molecule has 2 nitrogen and oxygen atoms in total. The number of aliphatic hydroxyl groups excluding tert-OH is 1. The van der Waals surface area contributed by atoms with E-state index in [4.69, 9.17) is 5.73 Å². The van der Waals surface area contributed by atoms with E-state index in [2.05, 4.69) is 15.9 Å². The van der Waals surface area contributed by atoms with Crippen LogP contribution in [0.5, 0.6) is 0 Å². The van der Waals surface area contributed by atoms with Gasteiger partial charge in [0.25, 0.3) is 0 Å². The predicted molar refractivity (Wildman–Crippen MR) is 75.2 cm³/mol. The Bertz CT molecular complexity index is 472. The first kappa shape index (κ1) is 12.8. The fourth-order valence-corrected chi connectivity index (χ4v) is 3.11. The van der Waals surface area contributed by atoms with Crippen LogP contribution < -0.4 is 5.73 Å². The zero-order valence-corrected chi connectivity index (χ0v) is 11.6. The molecule has 0 aliphatic heterocycles. The van der Waals surface area contributed by atoms with Crippen molar-refractivity contribution in [3.05, 3.63) is 56.7 Å². The van der Waals surface area contributed by atoms with E-state index in [1.807, 2.05) is 41.8 Å². The first-order valence-electron chi connectivity index (χ1n) is 5.39. The van der Waals surface area contributed by atoms with Gasteiger partial charge in [-0.1, -0.05) is 34.1 Å². The number of thiophene rings is 1. The summed E-state index contributed by atoms with van der Waals surface area (Å²) in [7, 11) is 0. The summed E-state index contributed by atoms with van der Waals surface area (Å²) in [6.07, 6.45) is -0.559. The lowest BCUT2D eigenvalue weighted by atomic mass is 9.94. The van der Waals surface area contributed by atoms with Crippen LogP contribution in [-0.2, 0) is 0 Å². The van der Waals surface area contributed by atoms with Gasteiger partial charge in [0.05, 0.1) is 6.10 Å². The van der Waals surface area contributed by atoms with Gasteiger partial charge in [-0.2, -0.15) is 0 Å². The predicted octanol–water partition coefficient (Wildman–Crippen LogP) is 3.29. The van der Waals surface area contributed by atoms with E-state index in [0.717, 1.165) is 14.9 Å². The van der Waals surface area contributed by atoms with Crippen LogP contribution in [0, 0.1) is 0 Å². The number of hydrogen-bond acceptors (Lipinski definition) is 3. The van der Waals surface area contributed by atoms with Crippen LogP contribution in [0.25, 0.3) is 0 Å². The van der Waals surface area contributed by atoms with E-state index in [0.29, 0.717) is 6.54 Å². The highest BCUT2D eigenvalue weighted by Gasteiger charge is 2.22. The average molecular weight is 312 g/mol. The summed E-state index contributed by atoms with van der Waals surface area (Å²) in [5.74, 6) is -0.0377. The van der Waals surface area contributed by atoms with Gasteiger partial charge in [0.1, 0.15) is 0 Å². The van der Waals surface area contributed by atoms with E-state index in [1.165, 1.54) is 0 Å². The summed E-state index contributed by atoms with van der Waals surface area (Å²) in [6.45, 7) is 0.439. The minimum atomic E-state index is -0.559. The Morgan fingerprint density at radius 2 is 2.12 bits per heavy atom. The Morgan fingerprint density at radius 3 is 2.71 bits per heavy atom. The van der Waals surface area contributed by atoms with Gasteiger partial charge in [-0.3, -0.25) is 0 Å². The number of aliphatic hydroxyl groups is 1. The molecule has 2 aromatic rings. The van der Waals surface area contributed by atoms with Crippen molar-refractivity contribution in [2.75, 3.05) is 6.54 Å². The normalized spacial score (nSPS) is 14.5. The molecule has 0 saturated carbocycles. The second-order valence-corrected chi connectivity index (χ2v) is 5.75. The van der Waals surface area contributed by atoms with E-state index in [1.54, 1.807) is 11.3 Å². The molecule has 0 aliphatic carbocycles. The maximum absolute atomic E-state index is 10.4. The maximum Gasteiger partial charge on any atom is 0.0879 e. The summed E-state index contributed by atoms with van der Waals surface area (Å²) < 4.78 is 0.969. The topological polar surface area (TPSA) is 46.2 Å². The van der Waals surface area contributed by atoms with Crippen LogP contribution in [0.15, 0.2) is 46.3 Å². The van der Waals surface area contributed by atoms with Gasteiger partial charge in [-0.05, 0) is 29.1 Å². The van der Waals surface area contributed by atoms with Crippen LogP contribution in [0.1, 0.15) is 22.5 Å². The molecular formula is C13H14BrNOS. The summed E-state index contributed by atoms with van der Waals surface area (Å²) in [5, 5.41) is 12.4. The molecule has 4 heteroatoms. The fourth-order valence-electron chi connectivity index (χ4n) is 1.83. The molecule has 90 valence electrons. The second-order valence-electron chi connectivity index (χ2n) is 3.86. The lowest BCUT2D eigenvalue weighted by Gasteiger charge is -2.20. The van der Waals surface area contributed by atoms with Crippen LogP contribution >= 0.6 is 27.3 Å². The van der Waals surface area contributed by atoms with Gasteiger partial charge in [0, 0.05) is 21.8 Å². The zero-order valence-electron chi connectivity index (χ0n) is 9.21. The number of nitrogens with two attached hydrogens (primary N) is 1. The Kier molecular flexibility index (Phi) is 4.34. The van der Waals surface area contributed by atoms with Crippen molar-refractivity contribution in [3.63, 3.8) is 0 Å². The van der Waals surface area contributed by atoms with Crippen molar-refractivity contribution in [2.24, 2.45) is 5.73 Å². The standard InChI is InChI=1S/C13H14BrNOS/c14-10-4-1-3-9(7-10)13(16)11(8-15)12-5-2-6-17-12/h1-7,11,13,16H,8,15H2. The molecule has 2 rings (SSSR count). The molecule has 2 atom stereocenters. The Hall–Kier alpha value is -0.680. The molecule has 0 aliphatic rings. The lowest BCUT2D eigenvalue weighted by Crippen LogP contribution is -2.19. The van der Waals surface area contributed by atoms with Crippen LogP contribution in [-0.4, -0.2) is 11.7 Å². The summed E-state index contributed by atoms with van der Waals surface area (Å²) in [6, 6.07) is 11.7. The molecule has 0 fully saturated rings. The molecule has 0 bridgehead atoms. The molecule has 0 radical (unpaired) electrons. The molecule has 2 unspecified atom stereocenters. The molecule has 1 aromatic carbocycles. The Morgan fingerprint density at radius 1 is 1.29 bits per heavy atom. The van der Waals surface area contributed by atoms with Crippen molar-refractivity contribution in [3.8, 4) is 0 Å². The molecule has 1 aromatic heterocycles. The second kappa shape index (κ2) is 5.78. The van der Waals surface area contributed by atoms with Gasteiger partial charge in [0.2, 0.25) is 0 Å². The average Bonchev–Trinajstić information content (AvgIpc) is 2.83. The molecule has 3 N–H and O–H groups in total. The highest BCUT2D eigenvalue weighted by molar-refractivity contribution is 9.10. The SMILES string of the molecule is NCC(c1cccs1)C(O)c1cccc(Br)c1. The van der Waals surface area contributed by atoms with E-state index in [9.17, 15) is 5.11 Å². The van der Waals surface area contributed by atoms with Gasteiger partial charge < -0.3 is 10.8 Å². The molecule has 0 saturated heterocycles. The van der Waals surface area contributed by atoms with Crippen LogP contribution in [0.4, 0.5) is 0 Å². The molecule has 1 heterocycles. The highest BCUT2D eigenvalue weighted by atomic mass is 79.9. The largest absolute Gasteiger partial charge is 0.388 e.